The van der Waals surface area contributed by atoms with E-state index in [2.05, 4.69) is 5.32 Å². The van der Waals surface area contributed by atoms with Crippen LogP contribution in [-0.2, 0) is 19.4 Å². The maximum absolute atomic E-state index is 13.5. The highest BCUT2D eigenvalue weighted by atomic mass is 35.5. The van der Waals surface area contributed by atoms with Gasteiger partial charge < -0.3 is 15.1 Å². The van der Waals surface area contributed by atoms with E-state index >= 15 is 0 Å². The summed E-state index contributed by atoms with van der Waals surface area (Å²) in [4.78, 5) is 41.4. The number of carbonyl (C=O) groups excluding carboxylic acids is 3. The van der Waals surface area contributed by atoms with Gasteiger partial charge in [0, 0.05) is 43.2 Å². The van der Waals surface area contributed by atoms with Gasteiger partial charge in [0.05, 0.1) is 4.90 Å². The van der Waals surface area contributed by atoms with Crippen LogP contribution in [0.3, 0.4) is 0 Å². The Balaban J connectivity index is 1.86. The molecule has 1 aliphatic rings. The van der Waals surface area contributed by atoms with Crippen LogP contribution in [0.25, 0.3) is 0 Å². The van der Waals surface area contributed by atoms with Gasteiger partial charge in [0.15, 0.2) is 0 Å². The summed E-state index contributed by atoms with van der Waals surface area (Å²) < 4.78 is 26.9. The zero-order valence-electron chi connectivity index (χ0n) is 19.2. The van der Waals surface area contributed by atoms with Crippen LogP contribution < -0.4 is 5.32 Å². The SMILES string of the molecule is CCCC(=O)N1CCN(C(=O)C(NC(=O)c2ccc(Cl)cc2)S(=O)(=O)c2ccc(C)cc2)CC1. The number of benzene rings is 2. The van der Waals surface area contributed by atoms with Gasteiger partial charge in [-0.2, -0.15) is 0 Å². The first kappa shape index (κ1) is 25.7. The molecule has 0 aliphatic carbocycles. The van der Waals surface area contributed by atoms with Crippen molar-refractivity contribution in [2.45, 2.75) is 37.0 Å². The molecule has 1 fully saturated rings. The summed E-state index contributed by atoms with van der Waals surface area (Å²) in [5, 5.41) is 1.03. The maximum Gasteiger partial charge on any atom is 0.261 e. The standard InChI is InChI=1S/C24H28ClN3O5S/c1-3-4-21(29)27-13-15-28(16-14-27)24(31)23(26-22(30)18-7-9-19(25)10-8-18)34(32,33)20-11-5-17(2)6-12-20/h5-12,23H,3-4,13-16H2,1-2H3,(H,26,30). The molecule has 0 saturated carbocycles. The molecule has 182 valence electrons. The Morgan fingerprint density at radius 2 is 1.50 bits per heavy atom. The Morgan fingerprint density at radius 1 is 0.941 bits per heavy atom. The summed E-state index contributed by atoms with van der Waals surface area (Å²) in [5.41, 5.74) is 1.04. The van der Waals surface area contributed by atoms with Crippen LogP contribution in [0.2, 0.25) is 5.02 Å². The second kappa shape index (κ2) is 11.0. The molecule has 3 amide bonds. The molecule has 10 heteroatoms. The summed E-state index contributed by atoms with van der Waals surface area (Å²) in [6, 6.07) is 12.0. The molecule has 1 saturated heterocycles. The molecule has 1 atom stereocenters. The van der Waals surface area contributed by atoms with E-state index in [1.807, 2.05) is 13.8 Å². The summed E-state index contributed by atoms with van der Waals surface area (Å²) in [6.45, 7) is 4.73. The number of halogens is 1. The van der Waals surface area contributed by atoms with Crippen molar-refractivity contribution in [2.24, 2.45) is 0 Å². The van der Waals surface area contributed by atoms with Crippen LogP contribution >= 0.6 is 11.6 Å². The van der Waals surface area contributed by atoms with Gasteiger partial charge >= 0.3 is 0 Å². The first-order valence-corrected chi connectivity index (χ1v) is 13.0. The molecule has 1 aliphatic heterocycles. The lowest BCUT2D eigenvalue weighted by atomic mass is 10.2. The Morgan fingerprint density at radius 3 is 2.06 bits per heavy atom. The maximum atomic E-state index is 13.5. The van der Waals surface area contributed by atoms with Crippen molar-refractivity contribution in [2.75, 3.05) is 26.2 Å². The fraction of sp³-hybridized carbons (Fsp3) is 0.375. The number of carbonyl (C=O) groups is 3. The van der Waals surface area contributed by atoms with E-state index in [4.69, 9.17) is 11.6 Å². The third-order valence-electron chi connectivity index (χ3n) is 5.66. The molecular formula is C24H28ClN3O5S. The van der Waals surface area contributed by atoms with Crippen LogP contribution in [0.4, 0.5) is 0 Å². The predicted octanol–water partition coefficient (Wildman–Crippen LogP) is 2.65. The van der Waals surface area contributed by atoms with Crippen LogP contribution in [0.5, 0.6) is 0 Å². The first-order valence-electron chi connectivity index (χ1n) is 11.1. The lowest BCUT2D eigenvalue weighted by Crippen LogP contribution is -2.57. The molecule has 0 bridgehead atoms. The number of nitrogens with one attached hydrogen (secondary N) is 1. The largest absolute Gasteiger partial charge is 0.339 e. The van der Waals surface area contributed by atoms with Gasteiger partial charge in [-0.05, 0) is 49.7 Å². The Hall–Kier alpha value is -2.91. The average molecular weight is 506 g/mol. The van der Waals surface area contributed by atoms with Gasteiger partial charge in [0.25, 0.3) is 11.8 Å². The highest BCUT2D eigenvalue weighted by molar-refractivity contribution is 7.92. The number of sulfone groups is 1. The van der Waals surface area contributed by atoms with Gasteiger partial charge in [-0.25, -0.2) is 8.42 Å². The summed E-state index contributed by atoms with van der Waals surface area (Å²) in [6.07, 6.45) is 1.15. The van der Waals surface area contributed by atoms with Crippen LogP contribution in [0.1, 0.15) is 35.7 Å². The second-order valence-electron chi connectivity index (χ2n) is 8.17. The molecule has 0 aromatic heterocycles. The number of rotatable bonds is 7. The van der Waals surface area contributed by atoms with Crippen molar-refractivity contribution in [1.29, 1.82) is 0 Å². The zero-order valence-corrected chi connectivity index (χ0v) is 20.7. The number of nitrogens with zero attached hydrogens (tertiary/aromatic N) is 2. The number of amides is 3. The highest BCUT2D eigenvalue weighted by Crippen LogP contribution is 2.19. The molecule has 1 unspecified atom stereocenters. The minimum atomic E-state index is -4.25. The van der Waals surface area contributed by atoms with Crippen molar-refractivity contribution < 1.29 is 22.8 Å². The summed E-state index contributed by atoms with van der Waals surface area (Å²) >= 11 is 5.88. The van der Waals surface area contributed by atoms with Crippen molar-refractivity contribution in [3.8, 4) is 0 Å². The van der Waals surface area contributed by atoms with Crippen molar-refractivity contribution in [1.82, 2.24) is 15.1 Å². The lowest BCUT2D eigenvalue weighted by molar-refractivity contribution is -0.139. The molecule has 8 nitrogen and oxygen atoms in total. The fourth-order valence-electron chi connectivity index (χ4n) is 3.65. The minimum absolute atomic E-state index is 0.00877. The smallest absolute Gasteiger partial charge is 0.261 e. The van der Waals surface area contributed by atoms with Crippen molar-refractivity contribution >= 4 is 39.2 Å². The van der Waals surface area contributed by atoms with E-state index in [0.717, 1.165) is 12.0 Å². The van der Waals surface area contributed by atoms with Gasteiger partial charge in [-0.1, -0.05) is 36.2 Å². The summed E-state index contributed by atoms with van der Waals surface area (Å²) in [5.74, 6) is -1.43. The van der Waals surface area contributed by atoms with Gasteiger partial charge in [-0.3, -0.25) is 14.4 Å². The normalized spacial score (nSPS) is 15.0. The van der Waals surface area contributed by atoms with E-state index in [1.54, 1.807) is 17.0 Å². The molecule has 1 heterocycles. The van der Waals surface area contributed by atoms with Gasteiger partial charge in [-0.15, -0.1) is 0 Å². The molecule has 2 aromatic rings. The topological polar surface area (TPSA) is 104 Å². The van der Waals surface area contributed by atoms with E-state index in [1.165, 1.54) is 41.3 Å². The van der Waals surface area contributed by atoms with E-state index in [9.17, 15) is 22.8 Å². The van der Waals surface area contributed by atoms with Crippen LogP contribution in [-0.4, -0.2) is 67.5 Å². The molecule has 0 spiro atoms. The molecule has 1 N–H and O–H groups in total. The Kier molecular flexibility index (Phi) is 8.33. The van der Waals surface area contributed by atoms with Gasteiger partial charge in [0.1, 0.15) is 0 Å². The first-order chi connectivity index (χ1) is 16.1. The Bertz CT molecular complexity index is 1140. The summed E-state index contributed by atoms with van der Waals surface area (Å²) in [7, 11) is -4.25. The third kappa shape index (κ3) is 5.95. The zero-order chi connectivity index (χ0) is 24.9. The van der Waals surface area contributed by atoms with Crippen LogP contribution in [0.15, 0.2) is 53.4 Å². The van der Waals surface area contributed by atoms with E-state index in [0.29, 0.717) is 24.5 Å². The monoisotopic (exact) mass is 505 g/mol. The minimum Gasteiger partial charge on any atom is -0.339 e. The number of hydrogen-bond acceptors (Lipinski definition) is 5. The average Bonchev–Trinajstić information content (AvgIpc) is 2.83. The quantitative estimate of drug-likeness (QED) is 0.623. The van der Waals surface area contributed by atoms with Crippen molar-refractivity contribution in [3.05, 3.63) is 64.7 Å². The molecule has 34 heavy (non-hydrogen) atoms. The third-order valence-corrected chi connectivity index (χ3v) is 7.78. The fourth-order valence-corrected chi connectivity index (χ4v) is 5.24. The molecule has 2 aromatic carbocycles. The molecule has 0 radical (unpaired) electrons. The van der Waals surface area contributed by atoms with Gasteiger partial charge in [0.2, 0.25) is 21.1 Å². The van der Waals surface area contributed by atoms with Crippen molar-refractivity contribution in [3.63, 3.8) is 0 Å². The lowest BCUT2D eigenvalue weighted by Gasteiger charge is -2.36. The van der Waals surface area contributed by atoms with E-state index < -0.39 is 27.0 Å². The molecular weight excluding hydrogens is 478 g/mol. The Labute approximate surface area is 204 Å². The number of aryl methyl sites for hydroxylation is 1. The highest BCUT2D eigenvalue weighted by Gasteiger charge is 2.39. The number of piperazine rings is 1. The number of hydrogen-bond donors (Lipinski definition) is 1. The van der Waals surface area contributed by atoms with E-state index in [-0.39, 0.29) is 29.5 Å². The molecule has 3 rings (SSSR count). The second-order valence-corrected chi connectivity index (χ2v) is 10.6. The van der Waals surface area contributed by atoms with Crippen LogP contribution in [0, 0.1) is 6.92 Å². The predicted molar refractivity (Wildman–Crippen MR) is 129 cm³/mol.